The first-order valence-corrected chi connectivity index (χ1v) is 20.6. The molecule has 0 N–H and O–H groups in total. The van der Waals surface area contributed by atoms with E-state index in [-0.39, 0.29) is 0 Å². The van der Waals surface area contributed by atoms with E-state index in [0.29, 0.717) is 0 Å². The Morgan fingerprint density at radius 3 is 0.730 bits per heavy atom. The summed E-state index contributed by atoms with van der Waals surface area (Å²) in [6, 6.07) is 45.2. The van der Waals surface area contributed by atoms with E-state index in [0.717, 1.165) is 0 Å². The van der Waals surface area contributed by atoms with Crippen molar-refractivity contribution in [2.45, 2.75) is 68.2 Å². The molecule has 0 bridgehead atoms. The van der Waals surface area contributed by atoms with Crippen LogP contribution in [0.5, 0.6) is 0 Å². The third kappa shape index (κ3) is 9.67. The summed E-state index contributed by atoms with van der Waals surface area (Å²) < 4.78 is 6.41. The van der Waals surface area contributed by atoms with Gasteiger partial charge in [-0.15, -0.1) is 0 Å². The van der Waals surface area contributed by atoms with Crippen molar-refractivity contribution in [3.63, 3.8) is 0 Å². The Bertz CT molecular complexity index is 927. The maximum atomic E-state index is 2.36. The summed E-state index contributed by atoms with van der Waals surface area (Å²) in [7, 11) is 0. The quantitative estimate of drug-likeness (QED) is 0.0935. The zero-order valence-electron chi connectivity index (χ0n) is 22.2. The van der Waals surface area contributed by atoms with Crippen LogP contribution in [0.4, 0.5) is 0 Å². The normalized spacial score (nSPS) is 11.3. The summed E-state index contributed by atoms with van der Waals surface area (Å²) in [5.41, 5.74) is 0. The van der Waals surface area contributed by atoms with Crippen molar-refractivity contribution >= 4 is 46.7 Å². The fraction of sp³-hybridized carbons (Fsp3) is 0.314. The summed E-state index contributed by atoms with van der Waals surface area (Å²) in [5.74, 6) is 0. The van der Waals surface area contributed by atoms with E-state index in [1.165, 1.54) is 68.2 Å². The van der Waals surface area contributed by atoms with Gasteiger partial charge in [-0.2, -0.15) is 0 Å². The van der Waals surface area contributed by atoms with Crippen LogP contribution in [0.1, 0.15) is 57.8 Å². The molecule has 0 heterocycles. The number of unbranched alkanes of at least 4 members (excludes halogenated alkanes) is 8. The van der Waals surface area contributed by atoms with E-state index >= 15 is 0 Å². The number of rotatable bonds is 16. The fourth-order valence-corrected chi connectivity index (χ4v) is 15.2. The van der Waals surface area contributed by atoms with Gasteiger partial charge in [-0.3, -0.25) is 0 Å². The van der Waals surface area contributed by atoms with Crippen LogP contribution in [0, 0.1) is 0 Å². The van der Waals surface area contributed by atoms with Crippen LogP contribution in [0.2, 0.25) is 10.4 Å². The molecule has 0 aromatic heterocycles. The van der Waals surface area contributed by atoms with E-state index in [2.05, 4.69) is 121 Å². The minimum absolute atomic E-state index is 1.16. The predicted octanol–water partition coefficient (Wildman–Crippen LogP) is 7.12. The predicted molar refractivity (Wildman–Crippen MR) is 167 cm³/mol. The first-order chi connectivity index (χ1) is 18.4. The summed E-state index contributed by atoms with van der Waals surface area (Å²) in [6.07, 6.45) is 12.6. The van der Waals surface area contributed by atoms with E-state index < -0.39 is 29.3 Å². The van der Waals surface area contributed by atoms with Gasteiger partial charge >= 0.3 is 236 Å². The third-order valence-electron chi connectivity index (χ3n) is 7.03. The molecule has 0 spiro atoms. The second-order valence-corrected chi connectivity index (χ2v) is 19.6. The van der Waals surface area contributed by atoms with E-state index in [9.17, 15) is 0 Å². The molecular weight excluding hydrogens is 570 g/mol. The molecule has 0 saturated heterocycles. The van der Waals surface area contributed by atoms with E-state index in [1.807, 2.05) is 0 Å². The minimum atomic E-state index is -1.16. The van der Waals surface area contributed by atoms with Crippen molar-refractivity contribution < 1.29 is 0 Å². The van der Waals surface area contributed by atoms with Crippen molar-refractivity contribution in [3.05, 3.63) is 121 Å². The van der Waals surface area contributed by atoms with Crippen molar-refractivity contribution in [1.29, 1.82) is 0 Å². The van der Waals surface area contributed by atoms with Crippen LogP contribution in [-0.4, -0.2) is 29.3 Å². The molecule has 0 amide bonds. The summed E-state index contributed by atoms with van der Waals surface area (Å²) in [5, 5.41) is 2.80. The molecule has 0 nitrogen and oxygen atoms in total. The SMILES string of the molecule is c1ccc([As](CCCCCCCCCCC[As](c2ccccc2)c2ccccc2)c2ccccc2)cc1. The Hall–Kier alpha value is -2.00. The Balaban J connectivity index is 1.09. The number of hydrogen-bond donors (Lipinski definition) is 0. The molecule has 192 valence electrons. The first kappa shape index (κ1) is 28.0. The third-order valence-corrected chi connectivity index (χ3v) is 18.0. The van der Waals surface area contributed by atoms with Crippen LogP contribution in [0.25, 0.3) is 0 Å². The molecular formula is C35H42As2. The zero-order valence-corrected chi connectivity index (χ0v) is 26.0. The first-order valence-electron chi connectivity index (χ1n) is 14.2. The van der Waals surface area contributed by atoms with Crippen molar-refractivity contribution in [2.24, 2.45) is 0 Å². The monoisotopic (exact) mass is 612 g/mol. The second kappa shape index (κ2) is 16.8. The van der Waals surface area contributed by atoms with E-state index in [4.69, 9.17) is 0 Å². The van der Waals surface area contributed by atoms with Crippen molar-refractivity contribution in [2.75, 3.05) is 0 Å². The second-order valence-electron chi connectivity index (χ2n) is 9.83. The maximum absolute atomic E-state index is 2.36. The van der Waals surface area contributed by atoms with Crippen LogP contribution in [0.3, 0.4) is 0 Å². The molecule has 0 aliphatic heterocycles. The van der Waals surface area contributed by atoms with E-state index in [1.54, 1.807) is 17.4 Å². The molecule has 0 fully saturated rings. The molecule has 0 aliphatic carbocycles. The Morgan fingerprint density at radius 1 is 0.270 bits per heavy atom. The van der Waals surface area contributed by atoms with Gasteiger partial charge in [0.05, 0.1) is 0 Å². The van der Waals surface area contributed by atoms with Crippen LogP contribution in [-0.2, 0) is 0 Å². The van der Waals surface area contributed by atoms with Crippen LogP contribution in [0.15, 0.2) is 121 Å². The molecule has 4 aromatic rings. The molecule has 2 heteroatoms. The molecule has 0 radical (unpaired) electrons. The van der Waals surface area contributed by atoms with Gasteiger partial charge in [0.1, 0.15) is 0 Å². The summed E-state index contributed by atoms with van der Waals surface area (Å²) in [4.78, 5) is 0. The van der Waals surface area contributed by atoms with Crippen LogP contribution >= 0.6 is 0 Å². The zero-order chi connectivity index (χ0) is 25.4. The van der Waals surface area contributed by atoms with Crippen molar-refractivity contribution in [3.8, 4) is 0 Å². The van der Waals surface area contributed by atoms with Crippen molar-refractivity contribution in [1.82, 2.24) is 0 Å². The standard InChI is InChI=1S/C35H42As2/c1(2-4-6-20-30-36(32-22-12-8-13-23-32)33-24-14-9-15-25-33)3-5-7-21-31-37(34-26-16-10-17-27-34)35-28-18-11-19-29-35/h8-19,22-29H,1-7,20-21,30-31H2. The summed E-state index contributed by atoms with van der Waals surface area (Å²) in [6.45, 7) is 0. The summed E-state index contributed by atoms with van der Waals surface area (Å²) >= 11 is -2.32. The Morgan fingerprint density at radius 2 is 0.486 bits per heavy atom. The average Bonchev–Trinajstić information content (AvgIpc) is 2.97. The molecule has 0 aliphatic rings. The van der Waals surface area contributed by atoms with Gasteiger partial charge in [-0.1, -0.05) is 0 Å². The van der Waals surface area contributed by atoms with Crippen LogP contribution < -0.4 is 17.4 Å². The van der Waals surface area contributed by atoms with Gasteiger partial charge in [-0.25, -0.2) is 0 Å². The molecule has 0 unspecified atom stereocenters. The fourth-order valence-electron chi connectivity index (χ4n) is 5.02. The van der Waals surface area contributed by atoms with Gasteiger partial charge in [0.2, 0.25) is 0 Å². The Labute approximate surface area is 235 Å². The average molecular weight is 613 g/mol. The molecule has 0 saturated carbocycles. The number of benzene rings is 4. The van der Waals surface area contributed by atoms with Gasteiger partial charge in [0.25, 0.3) is 0 Å². The van der Waals surface area contributed by atoms with Gasteiger partial charge < -0.3 is 0 Å². The molecule has 4 aromatic carbocycles. The Kier molecular flexibility index (Phi) is 12.7. The molecule has 0 atom stereocenters. The van der Waals surface area contributed by atoms with Gasteiger partial charge in [0.15, 0.2) is 0 Å². The molecule has 4 rings (SSSR count). The van der Waals surface area contributed by atoms with Gasteiger partial charge in [0, 0.05) is 0 Å². The van der Waals surface area contributed by atoms with Gasteiger partial charge in [-0.05, 0) is 0 Å². The molecule has 37 heavy (non-hydrogen) atoms. The topological polar surface area (TPSA) is 0 Å². The number of hydrogen-bond acceptors (Lipinski definition) is 0.